The quantitative estimate of drug-likeness (QED) is 0.768. The van der Waals surface area contributed by atoms with Gasteiger partial charge in [0.2, 0.25) is 15.9 Å². The first-order chi connectivity index (χ1) is 11.0. The zero-order chi connectivity index (χ0) is 16.9. The monoisotopic (exact) mass is 338 g/mol. The van der Waals surface area contributed by atoms with Gasteiger partial charge in [0, 0.05) is 31.7 Å². The molecule has 0 N–H and O–H groups in total. The molecular formula is C17H26N2O3S. The van der Waals surface area contributed by atoms with E-state index >= 15 is 0 Å². The average molecular weight is 338 g/mol. The Morgan fingerprint density at radius 3 is 2.17 bits per heavy atom. The Hall–Kier alpha value is -1.40. The number of hydrogen-bond acceptors (Lipinski definition) is 3. The highest BCUT2D eigenvalue weighted by Crippen LogP contribution is 2.24. The largest absolute Gasteiger partial charge is 0.312 e. The molecule has 1 aromatic rings. The van der Waals surface area contributed by atoms with Crippen molar-refractivity contribution in [3.05, 3.63) is 24.3 Å². The average Bonchev–Trinajstić information content (AvgIpc) is 2.55. The topological polar surface area (TPSA) is 57.7 Å². The number of carbonyl (C=O) groups excluding carboxylic acids is 1. The smallest absolute Gasteiger partial charge is 0.243 e. The van der Waals surface area contributed by atoms with Crippen LogP contribution in [-0.2, 0) is 14.8 Å². The van der Waals surface area contributed by atoms with Crippen molar-refractivity contribution < 1.29 is 13.2 Å². The maximum absolute atomic E-state index is 12.7. The lowest BCUT2D eigenvalue weighted by atomic mass is 10.1. The molecule has 1 aromatic carbocycles. The maximum Gasteiger partial charge on any atom is 0.243 e. The fraction of sp³-hybridized carbons (Fsp3) is 0.588. The van der Waals surface area contributed by atoms with Crippen LogP contribution < -0.4 is 4.90 Å². The molecule has 0 aromatic heterocycles. The second-order valence-corrected chi connectivity index (χ2v) is 7.84. The van der Waals surface area contributed by atoms with Gasteiger partial charge in [-0.2, -0.15) is 4.31 Å². The van der Waals surface area contributed by atoms with Crippen LogP contribution >= 0.6 is 0 Å². The van der Waals surface area contributed by atoms with Crippen LogP contribution in [0.5, 0.6) is 0 Å². The van der Waals surface area contributed by atoms with Crippen LogP contribution in [0.4, 0.5) is 5.69 Å². The molecule has 5 nitrogen and oxygen atoms in total. The Labute approximate surface area is 139 Å². The summed E-state index contributed by atoms with van der Waals surface area (Å²) in [5, 5.41) is 0. The number of sulfonamides is 1. The first kappa shape index (κ1) is 17.9. The summed E-state index contributed by atoms with van der Waals surface area (Å²) in [6.07, 6.45) is 4.08. The first-order valence-electron chi connectivity index (χ1n) is 8.41. The fourth-order valence-electron chi connectivity index (χ4n) is 2.88. The van der Waals surface area contributed by atoms with Crippen molar-refractivity contribution in [3.63, 3.8) is 0 Å². The highest BCUT2D eigenvalue weighted by molar-refractivity contribution is 7.89. The van der Waals surface area contributed by atoms with Crippen molar-refractivity contribution in [2.24, 2.45) is 0 Å². The predicted octanol–water partition coefficient (Wildman–Crippen LogP) is 3.01. The first-order valence-corrected chi connectivity index (χ1v) is 9.85. The van der Waals surface area contributed by atoms with Gasteiger partial charge in [0.05, 0.1) is 4.90 Å². The molecular weight excluding hydrogens is 312 g/mol. The number of benzene rings is 1. The molecule has 1 aliphatic rings. The number of anilines is 1. The summed E-state index contributed by atoms with van der Waals surface area (Å²) < 4.78 is 27.0. The molecule has 6 heteroatoms. The van der Waals surface area contributed by atoms with Gasteiger partial charge in [-0.05, 0) is 49.9 Å². The van der Waals surface area contributed by atoms with Crippen LogP contribution in [0.1, 0.15) is 46.0 Å². The van der Waals surface area contributed by atoms with Crippen molar-refractivity contribution in [2.45, 2.75) is 50.8 Å². The van der Waals surface area contributed by atoms with Crippen molar-refractivity contribution in [2.75, 3.05) is 24.5 Å². The molecule has 1 heterocycles. The third-order valence-electron chi connectivity index (χ3n) is 4.06. The molecule has 2 rings (SSSR count). The number of piperidine rings is 1. The van der Waals surface area contributed by atoms with Gasteiger partial charge in [-0.1, -0.05) is 13.8 Å². The molecule has 0 saturated carbocycles. The summed E-state index contributed by atoms with van der Waals surface area (Å²) in [5.41, 5.74) is 0.784. The Balaban J connectivity index is 2.22. The number of nitrogens with zero attached hydrogens (tertiary/aromatic N) is 2. The van der Waals surface area contributed by atoms with E-state index in [0.717, 1.165) is 31.4 Å². The summed E-state index contributed by atoms with van der Waals surface area (Å²) >= 11 is 0. The Morgan fingerprint density at radius 1 is 1.04 bits per heavy atom. The molecule has 1 saturated heterocycles. The van der Waals surface area contributed by atoms with Crippen molar-refractivity contribution in [1.82, 2.24) is 4.31 Å². The number of carbonyl (C=O) groups is 1. The van der Waals surface area contributed by atoms with Gasteiger partial charge >= 0.3 is 0 Å². The van der Waals surface area contributed by atoms with Gasteiger partial charge in [0.15, 0.2) is 0 Å². The molecule has 1 aliphatic heterocycles. The van der Waals surface area contributed by atoms with E-state index in [1.807, 2.05) is 13.8 Å². The van der Waals surface area contributed by atoms with Gasteiger partial charge in [0.25, 0.3) is 0 Å². The Bertz CT molecular complexity index is 620. The van der Waals surface area contributed by atoms with Crippen LogP contribution in [0.3, 0.4) is 0 Å². The molecule has 0 radical (unpaired) electrons. The van der Waals surface area contributed by atoms with E-state index in [4.69, 9.17) is 0 Å². The summed E-state index contributed by atoms with van der Waals surface area (Å²) in [4.78, 5) is 14.0. The van der Waals surface area contributed by atoms with E-state index in [1.165, 1.54) is 4.31 Å². The van der Waals surface area contributed by atoms with Crippen LogP contribution in [0, 0.1) is 0 Å². The van der Waals surface area contributed by atoms with Crippen molar-refractivity contribution in [1.29, 1.82) is 0 Å². The summed E-state index contributed by atoms with van der Waals surface area (Å²) in [5.74, 6) is 0.116. The summed E-state index contributed by atoms with van der Waals surface area (Å²) in [6.45, 7) is 5.72. The van der Waals surface area contributed by atoms with Crippen LogP contribution in [0.2, 0.25) is 0 Å². The number of rotatable bonds is 7. The minimum absolute atomic E-state index is 0.116. The third-order valence-corrected chi connectivity index (χ3v) is 5.97. The minimum atomic E-state index is -3.46. The Kier molecular flexibility index (Phi) is 6.18. The second-order valence-electron chi connectivity index (χ2n) is 5.90. The van der Waals surface area contributed by atoms with Gasteiger partial charge in [-0.25, -0.2) is 8.42 Å². The van der Waals surface area contributed by atoms with Gasteiger partial charge < -0.3 is 4.90 Å². The van der Waals surface area contributed by atoms with Gasteiger partial charge in [-0.15, -0.1) is 0 Å². The molecule has 0 aliphatic carbocycles. The molecule has 0 atom stereocenters. The van der Waals surface area contributed by atoms with E-state index < -0.39 is 10.0 Å². The van der Waals surface area contributed by atoms with Gasteiger partial charge in [0.1, 0.15) is 0 Å². The number of amides is 1. The molecule has 0 unspecified atom stereocenters. The summed E-state index contributed by atoms with van der Waals surface area (Å²) in [7, 11) is -3.46. The Morgan fingerprint density at radius 2 is 1.65 bits per heavy atom. The third kappa shape index (κ3) is 4.12. The van der Waals surface area contributed by atoms with E-state index in [2.05, 4.69) is 0 Å². The SMILES string of the molecule is CCCN(CCC)S(=O)(=O)c1ccc(N2CCCCC2=O)cc1. The lowest BCUT2D eigenvalue weighted by molar-refractivity contribution is -0.119. The lowest BCUT2D eigenvalue weighted by Crippen LogP contribution is -2.35. The fourth-order valence-corrected chi connectivity index (χ4v) is 4.50. The van der Waals surface area contributed by atoms with Crippen LogP contribution in [0.15, 0.2) is 29.2 Å². The number of hydrogen-bond donors (Lipinski definition) is 0. The minimum Gasteiger partial charge on any atom is -0.312 e. The zero-order valence-corrected chi connectivity index (χ0v) is 14.8. The molecule has 128 valence electrons. The predicted molar refractivity (Wildman–Crippen MR) is 92.0 cm³/mol. The zero-order valence-electron chi connectivity index (χ0n) is 14.0. The van der Waals surface area contributed by atoms with Crippen LogP contribution in [0.25, 0.3) is 0 Å². The van der Waals surface area contributed by atoms with E-state index in [9.17, 15) is 13.2 Å². The highest BCUT2D eigenvalue weighted by atomic mass is 32.2. The van der Waals surface area contributed by atoms with Crippen molar-refractivity contribution in [3.8, 4) is 0 Å². The molecule has 0 bridgehead atoms. The standard InChI is InChI=1S/C17H26N2O3S/c1-3-12-18(13-4-2)23(21,22)16-10-8-15(9-11-16)19-14-6-5-7-17(19)20/h8-11H,3-7,12-14H2,1-2H3. The van der Waals surface area contributed by atoms with E-state index in [1.54, 1.807) is 29.2 Å². The highest BCUT2D eigenvalue weighted by Gasteiger charge is 2.24. The second kappa shape index (κ2) is 7.93. The van der Waals surface area contributed by atoms with E-state index in [-0.39, 0.29) is 5.91 Å². The molecule has 1 fully saturated rings. The summed E-state index contributed by atoms with van der Waals surface area (Å²) in [6, 6.07) is 6.72. The van der Waals surface area contributed by atoms with Gasteiger partial charge in [-0.3, -0.25) is 4.79 Å². The molecule has 0 spiro atoms. The normalized spacial score (nSPS) is 16.1. The lowest BCUT2D eigenvalue weighted by Gasteiger charge is -2.27. The van der Waals surface area contributed by atoms with Crippen molar-refractivity contribution >= 4 is 21.6 Å². The molecule has 1 amide bonds. The molecule has 23 heavy (non-hydrogen) atoms. The van der Waals surface area contributed by atoms with Crippen LogP contribution in [-0.4, -0.2) is 38.3 Å². The van der Waals surface area contributed by atoms with E-state index in [0.29, 0.717) is 31.0 Å². The maximum atomic E-state index is 12.7.